The van der Waals surface area contributed by atoms with Crippen LogP contribution in [0.1, 0.15) is 37.8 Å². The third-order valence-electron chi connectivity index (χ3n) is 5.37. The Labute approximate surface area is 158 Å². The van der Waals surface area contributed by atoms with E-state index in [2.05, 4.69) is 10.3 Å². The molecule has 0 radical (unpaired) electrons. The van der Waals surface area contributed by atoms with E-state index in [1.165, 1.54) is 19.3 Å². The van der Waals surface area contributed by atoms with Crippen LogP contribution >= 0.6 is 36.2 Å². The second-order valence-electron chi connectivity index (χ2n) is 6.74. The van der Waals surface area contributed by atoms with E-state index in [1.54, 1.807) is 11.3 Å². The number of nitrogens with zero attached hydrogens (tertiary/aromatic N) is 2. The molecule has 2 atom stereocenters. The largest absolute Gasteiger partial charge is 0.350 e. The van der Waals surface area contributed by atoms with E-state index in [1.807, 2.05) is 22.2 Å². The molecule has 0 spiro atoms. The standard InChI is InChI=1S/C16H22N4OS.2ClH/c17-14-10-2-1-3-11(14)7-12(6-10)15(21)18-8-13-9-20-4-5-22-16(20)19-13;;/h4-5,9-12,14H,1-3,6-8,17H2,(H,18,21);2*1H. The maximum absolute atomic E-state index is 12.5. The first kappa shape index (κ1) is 19.5. The molecular weight excluding hydrogens is 367 g/mol. The molecule has 2 unspecified atom stereocenters. The van der Waals surface area contributed by atoms with E-state index in [0.717, 1.165) is 23.5 Å². The molecule has 0 saturated heterocycles. The predicted octanol–water partition coefficient (Wildman–Crippen LogP) is 3.01. The number of amides is 1. The fourth-order valence-corrected chi connectivity index (χ4v) is 4.91. The minimum absolute atomic E-state index is 0. The third kappa shape index (κ3) is 3.72. The Hall–Kier alpha value is -0.820. The van der Waals surface area contributed by atoms with Gasteiger partial charge in [0.05, 0.1) is 12.2 Å². The van der Waals surface area contributed by atoms with Crippen LogP contribution in [0.2, 0.25) is 0 Å². The van der Waals surface area contributed by atoms with E-state index >= 15 is 0 Å². The minimum Gasteiger partial charge on any atom is -0.350 e. The van der Waals surface area contributed by atoms with Crippen LogP contribution < -0.4 is 11.1 Å². The Bertz CT molecular complexity index is 646. The van der Waals surface area contributed by atoms with E-state index in [4.69, 9.17) is 5.73 Å². The summed E-state index contributed by atoms with van der Waals surface area (Å²) in [5.41, 5.74) is 7.22. The van der Waals surface area contributed by atoms with Crippen LogP contribution in [0.4, 0.5) is 0 Å². The SMILES string of the molecule is Cl.Cl.NC1C2CCCC1CC(C(=O)NCc1cn3ccsc3n1)C2. The van der Waals surface area contributed by atoms with E-state index in [9.17, 15) is 4.79 Å². The van der Waals surface area contributed by atoms with Gasteiger partial charge in [0.25, 0.3) is 0 Å². The van der Waals surface area contributed by atoms with Crippen LogP contribution in [0.25, 0.3) is 4.96 Å². The molecule has 2 aliphatic carbocycles. The highest BCUT2D eigenvalue weighted by Gasteiger charge is 2.40. The van der Waals surface area contributed by atoms with Crippen molar-refractivity contribution in [1.82, 2.24) is 14.7 Å². The van der Waals surface area contributed by atoms with Gasteiger partial charge < -0.3 is 11.1 Å². The van der Waals surface area contributed by atoms with Crippen molar-refractivity contribution < 1.29 is 4.79 Å². The molecule has 2 heterocycles. The first-order chi connectivity index (χ1) is 10.7. The summed E-state index contributed by atoms with van der Waals surface area (Å²) in [5.74, 6) is 1.40. The van der Waals surface area contributed by atoms with Gasteiger partial charge in [-0.2, -0.15) is 0 Å². The van der Waals surface area contributed by atoms with E-state index < -0.39 is 0 Å². The summed E-state index contributed by atoms with van der Waals surface area (Å²) in [6.07, 6.45) is 9.56. The fourth-order valence-electron chi connectivity index (χ4n) is 4.19. The van der Waals surface area contributed by atoms with Crippen molar-refractivity contribution in [1.29, 1.82) is 0 Å². The molecule has 3 N–H and O–H groups in total. The zero-order chi connectivity index (χ0) is 15.1. The normalized spacial score (nSPS) is 28.7. The first-order valence-electron chi connectivity index (χ1n) is 8.15. The number of fused-ring (bicyclic) bond motifs is 3. The average Bonchev–Trinajstić information content (AvgIpc) is 3.05. The van der Waals surface area contributed by atoms with Crippen molar-refractivity contribution in [2.75, 3.05) is 0 Å². The number of hydrogen-bond acceptors (Lipinski definition) is 4. The number of carbonyl (C=O) groups is 1. The first-order valence-corrected chi connectivity index (χ1v) is 9.03. The van der Waals surface area contributed by atoms with Crippen molar-refractivity contribution >= 4 is 47.0 Å². The third-order valence-corrected chi connectivity index (χ3v) is 6.14. The molecule has 24 heavy (non-hydrogen) atoms. The van der Waals surface area contributed by atoms with Crippen molar-refractivity contribution in [2.24, 2.45) is 23.5 Å². The number of imidazole rings is 1. The maximum Gasteiger partial charge on any atom is 0.223 e. The Morgan fingerprint density at radius 2 is 2.04 bits per heavy atom. The Morgan fingerprint density at radius 1 is 1.33 bits per heavy atom. The van der Waals surface area contributed by atoms with Gasteiger partial charge in [0, 0.05) is 29.7 Å². The Kier molecular flexibility index (Phi) is 6.53. The lowest BCUT2D eigenvalue weighted by Crippen LogP contribution is -2.49. The quantitative estimate of drug-likeness (QED) is 0.845. The molecule has 2 aromatic rings. The van der Waals surface area contributed by atoms with Crippen LogP contribution in [-0.2, 0) is 11.3 Å². The van der Waals surface area contributed by atoms with Crippen molar-refractivity contribution in [3.05, 3.63) is 23.5 Å². The van der Waals surface area contributed by atoms with Gasteiger partial charge >= 0.3 is 0 Å². The lowest BCUT2D eigenvalue weighted by Gasteiger charge is -2.43. The number of nitrogens with one attached hydrogen (secondary N) is 1. The van der Waals surface area contributed by atoms with E-state index in [-0.39, 0.29) is 36.6 Å². The van der Waals surface area contributed by atoms with Gasteiger partial charge in [-0.05, 0) is 37.5 Å². The van der Waals surface area contributed by atoms with Gasteiger partial charge in [-0.25, -0.2) is 4.98 Å². The molecule has 2 saturated carbocycles. The molecule has 2 aromatic heterocycles. The molecule has 134 valence electrons. The van der Waals surface area contributed by atoms with Crippen LogP contribution in [-0.4, -0.2) is 21.3 Å². The van der Waals surface area contributed by atoms with Gasteiger partial charge in [0.2, 0.25) is 5.91 Å². The summed E-state index contributed by atoms with van der Waals surface area (Å²) in [5, 5.41) is 5.08. The van der Waals surface area contributed by atoms with Gasteiger partial charge in [-0.1, -0.05) is 6.42 Å². The molecule has 0 aliphatic heterocycles. The van der Waals surface area contributed by atoms with Crippen LogP contribution in [0.3, 0.4) is 0 Å². The average molecular weight is 391 g/mol. The molecule has 2 aliphatic rings. The number of carbonyl (C=O) groups excluding carboxylic acids is 1. The lowest BCUT2D eigenvalue weighted by molar-refractivity contribution is -0.128. The molecular formula is C16H24Cl2N4OS. The van der Waals surface area contributed by atoms with Gasteiger partial charge in [-0.3, -0.25) is 9.20 Å². The summed E-state index contributed by atoms with van der Waals surface area (Å²) < 4.78 is 2.00. The van der Waals surface area contributed by atoms with Crippen LogP contribution in [0, 0.1) is 17.8 Å². The fraction of sp³-hybridized carbons (Fsp3) is 0.625. The number of hydrogen-bond donors (Lipinski definition) is 2. The maximum atomic E-state index is 12.5. The number of rotatable bonds is 3. The number of nitrogens with two attached hydrogens (primary N) is 1. The Balaban J connectivity index is 0.00000104. The lowest BCUT2D eigenvalue weighted by atomic mass is 9.65. The summed E-state index contributed by atoms with van der Waals surface area (Å²) in [4.78, 5) is 18.0. The van der Waals surface area contributed by atoms with Crippen molar-refractivity contribution in [3.63, 3.8) is 0 Å². The smallest absolute Gasteiger partial charge is 0.223 e. The second-order valence-corrected chi connectivity index (χ2v) is 7.61. The molecule has 8 heteroatoms. The molecule has 2 fully saturated rings. The van der Waals surface area contributed by atoms with E-state index in [0.29, 0.717) is 24.4 Å². The highest BCUT2D eigenvalue weighted by atomic mass is 35.5. The number of aromatic nitrogens is 2. The number of halogens is 2. The summed E-state index contributed by atoms with van der Waals surface area (Å²) in [7, 11) is 0. The van der Waals surface area contributed by atoms with Crippen molar-refractivity contribution in [3.8, 4) is 0 Å². The molecule has 1 amide bonds. The van der Waals surface area contributed by atoms with Gasteiger partial charge in [-0.15, -0.1) is 36.2 Å². The molecule has 2 bridgehead atoms. The van der Waals surface area contributed by atoms with Crippen LogP contribution in [0.15, 0.2) is 17.8 Å². The minimum atomic E-state index is 0. The zero-order valence-corrected chi connectivity index (χ0v) is 15.8. The van der Waals surface area contributed by atoms with Gasteiger partial charge in [0.15, 0.2) is 4.96 Å². The van der Waals surface area contributed by atoms with Gasteiger partial charge in [0.1, 0.15) is 0 Å². The van der Waals surface area contributed by atoms with Crippen molar-refractivity contribution in [2.45, 2.75) is 44.7 Å². The molecule has 4 rings (SSSR count). The highest BCUT2D eigenvalue weighted by Crippen LogP contribution is 2.41. The highest BCUT2D eigenvalue weighted by molar-refractivity contribution is 7.15. The molecule has 0 aromatic carbocycles. The topological polar surface area (TPSA) is 72.4 Å². The summed E-state index contributed by atoms with van der Waals surface area (Å²) >= 11 is 1.61. The summed E-state index contributed by atoms with van der Waals surface area (Å²) in [6, 6.07) is 0.317. The second kappa shape index (κ2) is 8.04. The summed E-state index contributed by atoms with van der Waals surface area (Å²) in [6.45, 7) is 0.519. The number of thiazole rings is 1. The van der Waals surface area contributed by atoms with Crippen LogP contribution in [0.5, 0.6) is 0 Å². The monoisotopic (exact) mass is 390 g/mol. The zero-order valence-electron chi connectivity index (χ0n) is 13.4. The molecule has 5 nitrogen and oxygen atoms in total. The Morgan fingerprint density at radius 3 is 2.71 bits per heavy atom. The predicted molar refractivity (Wildman–Crippen MR) is 101 cm³/mol.